The lowest BCUT2D eigenvalue weighted by Gasteiger charge is -2.05. The summed E-state index contributed by atoms with van der Waals surface area (Å²) in [4.78, 5) is 12.6. The molecule has 2 aromatic heterocycles. The lowest BCUT2D eigenvalue weighted by molar-refractivity contribution is 0.960. The monoisotopic (exact) mass is 267 g/mol. The molecule has 2 aromatic rings. The molecule has 0 amide bonds. The van der Waals surface area contributed by atoms with Crippen LogP contribution in [0.5, 0.6) is 0 Å². The summed E-state index contributed by atoms with van der Waals surface area (Å²) in [5.74, 6) is 6.52. The van der Waals surface area contributed by atoms with Gasteiger partial charge in [-0.05, 0) is 30.8 Å². The van der Waals surface area contributed by atoms with Crippen molar-refractivity contribution in [1.82, 2.24) is 15.0 Å². The van der Waals surface area contributed by atoms with Crippen molar-refractivity contribution >= 4 is 29.2 Å². The molecule has 0 spiro atoms. The third-order valence-electron chi connectivity index (χ3n) is 1.89. The Balaban J connectivity index is 2.30. The minimum absolute atomic E-state index is 0.562. The predicted octanol–water partition coefficient (Wildman–Crippen LogP) is 2.27. The van der Waals surface area contributed by atoms with Crippen LogP contribution in [0.3, 0.4) is 0 Å². The smallest absolute Gasteiger partial charge is 0.144 e. The molecule has 0 aliphatic rings. The van der Waals surface area contributed by atoms with Gasteiger partial charge in [0.1, 0.15) is 21.7 Å². The highest BCUT2D eigenvalue weighted by atomic mass is 35.5. The molecule has 0 radical (unpaired) electrons. The fraction of sp³-hybridized carbons (Fsp3) is 0.100. The molecule has 0 saturated carbocycles. The third-order valence-corrected chi connectivity index (χ3v) is 3.24. The SMILES string of the molecule is Cc1nc(NN)cc(Sc2ncccc2Cl)n1. The molecule has 7 heteroatoms. The summed E-state index contributed by atoms with van der Waals surface area (Å²) in [6.45, 7) is 1.80. The van der Waals surface area contributed by atoms with E-state index in [2.05, 4.69) is 20.4 Å². The summed E-state index contributed by atoms with van der Waals surface area (Å²) in [5, 5.41) is 2.04. The van der Waals surface area contributed by atoms with Crippen molar-refractivity contribution in [2.75, 3.05) is 5.43 Å². The first kappa shape index (κ1) is 12.1. The van der Waals surface area contributed by atoms with Crippen molar-refractivity contribution in [2.24, 2.45) is 5.84 Å². The van der Waals surface area contributed by atoms with Gasteiger partial charge in [0.15, 0.2) is 0 Å². The fourth-order valence-corrected chi connectivity index (χ4v) is 2.27. The zero-order valence-electron chi connectivity index (χ0n) is 9.01. The number of anilines is 1. The molecule has 0 atom stereocenters. The Hall–Kier alpha value is -1.37. The molecule has 0 bridgehead atoms. The van der Waals surface area contributed by atoms with Crippen LogP contribution in [0.4, 0.5) is 5.82 Å². The van der Waals surface area contributed by atoms with Crippen LogP contribution in [-0.2, 0) is 0 Å². The van der Waals surface area contributed by atoms with Crippen LogP contribution in [0.25, 0.3) is 0 Å². The topological polar surface area (TPSA) is 76.7 Å². The molecule has 3 N–H and O–H groups in total. The van der Waals surface area contributed by atoms with Gasteiger partial charge in [-0.25, -0.2) is 20.8 Å². The molecular formula is C10H10ClN5S. The quantitative estimate of drug-likeness (QED) is 0.505. The largest absolute Gasteiger partial charge is 0.308 e. The second-order valence-electron chi connectivity index (χ2n) is 3.18. The average Bonchev–Trinajstić information content (AvgIpc) is 2.31. The van der Waals surface area contributed by atoms with Crippen LogP contribution in [-0.4, -0.2) is 15.0 Å². The number of nitrogens with one attached hydrogen (secondary N) is 1. The van der Waals surface area contributed by atoms with E-state index in [1.54, 1.807) is 31.3 Å². The van der Waals surface area contributed by atoms with E-state index in [1.165, 1.54) is 11.8 Å². The van der Waals surface area contributed by atoms with Crippen molar-refractivity contribution in [3.05, 3.63) is 35.2 Å². The van der Waals surface area contributed by atoms with E-state index >= 15 is 0 Å². The number of hydrazine groups is 1. The number of pyridine rings is 1. The van der Waals surface area contributed by atoms with E-state index < -0.39 is 0 Å². The summed E-state index contributed by atoms with van der Waals surface area (Å²) in [6, 6.07) is 5.31. The lowest BCUT2D eigenvalue weighted by atomic mass is 10.5. The number of aryl methyl sites for hydroxylation is 1. The third kappa shape index (κ3) is 3.06. The second-order valence-corrected chi connectivity index (χ2v) is 4.59. The summed E-state index contributed by atoms with van der Waals surface area (Å²) in [5.41, 5.74) is 2.49. The van der Waals surface area contributed by atoms with Crippen LogP contribution in [0.15, 0.2) is 34.4 Å². The van der Waals surface area contributed by atoms with Crippen molar-refractivity contribution in [1.29, 1.82) is 0 Å². The molecule has 0 unspecified atom stereocenters. The molecule has 0 aliphatic heterocycles. The molecule has 0 aromatic carbocycles. The van der Waals surface area contributed by atoms with Crippen LogP contribution in [0.2, 0.25) is 5.02 Å². The minimum atomic E-state index is 0.562. The number of aromatic nitrogens is 3. The Morgan fingerprint density at radius 2 is 2.24 bits per heavy atom. The van der Waals surface area contributed by atoms with Gasteiger partial charge >= 0.3 is 0 Å². The molecule has 17 heavy (non-hydrogen) atoms. The molecule has 0 fully saturated rings. The first-order valence-electron chi connectivity index (χ1n) is 4.79. The average molecular weight is 268 g/mol. The van der Waals surface area contributed by atoms with Crippen molar-refractivity contribution < 1.29 is 0 Å². The fourth-order valence-electron chi connectivity index (χ4n) is 1.21. The van der Waals surface area contributed by atoms with Gasteiger partial charge in [0.05, 0.1) is 5.02 Å². The van der Waals surface area contributed by atoms with Gasteiger partial charge < -0.3 is 5.43 Å². The van der Waals surface area contributed by atoms with Gasteiger partial charge in [-0.1, -0.05) is 11.6 Å². The van der Waals surface area contributed by atoms with E-state index in [4.69, 9.17) is 17.4 Å². The summed E-state index contributed by atoms with van der Waals surface area (Å²) in [7, 11) is 0. The normalized spacial score (nSPS) is 10.3. The van der Waals surface area contributed by atoms with Gasteiger partial charge in [0.2, 0.25) is 0 Å². The number of hydrogen-bond acceptors (Lipinski definition) is 6. The number of nitrogen functional groups attached to an aromatic ring is 1. The number of rotatable bonds is 3. The van der Waals surface area contributed by atoms with Crippen LogP contribution < -0.4 is 11.3 Å². The molecule has 2 heterocycles. The van der Waals surface area contributed by atoms with E-state index in [0.717, 1.165) is 5.03 Å². The standard InChI is InChI=1S/C10H10ClN5S/c1-6-14-8(16-12)5-9(15-6)17-10-7(11)3-2-4-13-10/h2-5H,12H2,1H3,(H,14,15,16). The summed E-state index contributed by atoms with van der Waals surface area (Å²) < 4.78 is 0. The first-order chi connectivity index (χ1) is 8.19. The Kier molecular flexibility index (Phi) is 3.78. The maximum absolute atomic E-state index is 6.02. The van der Waals surface area contributed by atoms with Crippen molar-refractivity contribution in [3.63, 3.8) is 0 Å². The highest BCUT2D eigenvalue weighted by Crippen LogP contribution is 2.30. The number of halogens is 1. The Labute approximate surface area is 108 Å². The van der Waals surface area contributed by atoms with Crippen molar-refractivity contribution in [3.8, 4) is 0 Å². The van der Waals surface area contributed by atoms with Crippen LogP contribution in [0, 0.1) is 6.92 Å². The van der Waals surface area contributed by atoms with Gasteiger partial charge in [0, 0.05) is 12.3 Å². The number of hydrogen-bond donors (Lipinski definition) is 2. The van der Waals surface area contributed by atoms with Crippen LogP contribution in [0.1, 0.15) is 5.82 Å². The highest BCUT2D eigenvalue weighted by Gasteiger charge is 2.07. The summed E-state index contributed by atoms with van der Waals surface area (Å²) in [6.07, 6.45) is 1.68. The Morgan fingerprint density at radius 3 is 2.94 bits per heavy atom. The summed E-state index contributed by atoms with van der Waals surface area (Å²) >= 11 is 7.39. The van der Waals surface area contributed by atoms with Gasteiger partial charge in [-0.15, -0.1) is 0 Å². The van der Waals surface area contributed by atoms with E-state index in [1.807, 2.05) is 0 Å². The van der Waals surface area contributed by atoms with Crippen LogP contribution >= 0.6 is 23.4 Å². The molecule has 0 aliphatic carbocycles. The maximum Gasteiger partial charge on any atom is 0.144 e. The van der Waals surface area contributed by atoms with E-state index in [9.17, 15) is 0 Å². The Morgan fingerprint density at radius 1 is 1.41 bits per heavy atom. The van der Waals surface area contributed by atoms with E-state index in [-0.39, 0.29) is 0 Å². The molecule has 5 nitrogen and oxygen atoms in total. The molecular weight excluding hydrogens is 258 g/mol. The highest BCUT2D eigenvalue weighted by molar-refractivity contribution is 7.99. The predicted molar refractivity (Wildman–Crippen MR) is 67.9 cm³/mol. The molecule has 88 valence electrons. The maximum atomic E-state index is 6.02. The van der Waals surface area contributed by atoms with Gasteiger partial charge in [0.25, 0.3) is 0 Å². The zero-order chi connectivity index (χ0) is 12.3. The molecule has 2 rings (SSSR count). The van der Waals surface area contributed by atoms with Gasteiger partial charge in [-0.3, -0.25) is 0 Å². The Bertz CT molecular complexity index is 534. The minimum Gasteiger partial charge on any atom is -0.308 e. The number of nitrogens with zero attached hydrogens (tertiary/aromatic N) is 3. The molecule has 0 saturated heterocycles. The van der Waals surface area contributed by atoms with E-state index in [0.29, 0.717) is 21.7 Å². The first-order valence-corrected chi connectivity index (χ1v) is 5.99. The lowest BCUT2D eigenvalue weighted by Crippen LogP contribution is -2.09. The second kappa shape index (κ2) is 5.31. The zero-order valence-corrected chi connectivity index (χ0v) is 10.6. The number of nitrogens with two attached hydrogens (primary N) is 1. The van der Waals surface area contributed by atoms with Crippen molar-refractivity contribution in [2.45, 2.75) is 17.0 Å². The van der Waals surface area contributed by atoms with Gasteiger partial charge in [-0.2, -0.15) is 0 Å².